The molecule has 2 rings (SSSR count). The van der Waals surface area contributed by atoms with Gasteiger partial charge in [0, 0.05) is 15.1 Å². The zero-order valence-electron chi connectivity index (χ0n) is 9.58. The van der Waals surface area contributed by atoms with E-state index in [9.17, 15) is 4.79 Å². The van der Waals surface area contributed by atoms with E-state index < -0.39 is 0 Å². The fourth-order valence-corrected chi connectivity index (χ4v) is 2.18. The van der Waals surface area contributed by atoms with E-state index in [-0.39, 0.29) is 5.91 Å². The third-order valence-electron chi connectivity index (χ3n) is 2.33. The molecule has 2 aromatic rings. The van der Waals surface area contributed by atoms with Crippen LogP contribution in [-0.4, -0.2) is 10.9 Å². The maximum Gasteiger partial charge on any atom is 0.258 e. The number of benzene rings is 1. The Hall–Kier alpha value is -1.20. The highest BCUT2D eigenvalue weighted by Gasteiger charge is 2.11. The van der Waals surface area contributed by atoms with Crippen LogP contribution in [0.4, 0.5) is 5.82 Å². The van der Waals surface area contributed by atoms with Gasteiger partial charge in [0.1, 0.15) is 5.82 Å². The van der Waals surface area contributed by atoms with Crippen molar-refractivity contribution in [3.63, 3.8) is 0 Å². The van der Waals surface area contributed by atoms with Crippen molar-refractivity contribution in [3.8, 4) is 0 Å². The third-order valence-corrected chi connectivity index (χ3v) is 3.51. The van der Waals surface area contributed by atoms with Crippen molar-refractivity contribution in [2.24, 2.45) is 0 Å². The minimum atomic E-state index is -0.195. The Morgan fingerprint density at radius 2 is 2.00 bits per heavy atom. The van der Waals surface area contributed by atoms with Crippen LogP contribution in [0.1, 0.15) is 15.9 Å². The first-order chi connectivity index (χ1) is 8.56. The van der Waals surface area contributed by atoms with Crippen LogP contribution in [0, 0.1) is 6.92 Å². The van der Waals surface area contributed by atoms with Gasteiger partial charge in [0.25, 0.3) is 5.91 Å². The molecule has 18 heavy (non-hydrogen) atoms. The van der Waals surface area contributed by atoms with Crippen LogP contribution in [0.2, 0.25) is 0 Å². The van der Waals surface area contributed by atoms with Crippen molar-refractivity contribution in [3.05, 3.63) is 56.6 Å². The van der Waals surface area contributed by atoms with E-state index >= 15 is 0 Å². The molecular weight excluding hydrogens is 360 g/mol. The SMILES string of the molecule is Cc1ccc(NC(=O)c2cc(Br)ccc2Br)nc1. The van der Waals surface area contributed by atoms with Gasteiger partial charge in [0.05, 0.1) is 5.56 Å². The van der Waals surface area contributed by atoms with Crippen molar-refractivity contribution in [2.75, 3.05) is 5.32 Å². The maximum atomic E-state index is 12.1. The number of rotatable bonds is 2. The van der Waals surface area contributed by atoms with Gasteiger partial charge in [-0.15, -0.1) is 0 Å². The van der Waals surface area contributed by atoms with E-state index in [0.29, 0.717) is 11.4 Å². The van der Waals surface area contributed by atoms with Gasteiger partial charge in [-0.05, 0) is 52.7 Å². The first-order valence-corrected chi connectivity index (χ1v) is 6.84. The molecule has 3 nitrogen and oxygen atoms in total. The summed E-state index contributed by atoms with van der Waals surface area (Å²) in [6.45, 7) is 1.95. The summed E-state index contributed by atoms with van der Waals surface area (Å²) in [4.78, 5) is 16.2. The molecule has 1 aromatic heterocycles. The average Bonchev–Trinajstić information content (AvgIpc) is 2.35. The summed E-state index contributed by atoms with van der Waals surface area (Å²) < 4.78 is 1.60. The summed E-state index contributed by atoms with van der Waals surface area (Å²) in [6, 6.07) is 9.12. The molecule has 0 atom stereocenters. The number of nitrogens with zero attached hydrogens (tertiary/aromatic N) is 1. The lowest BCUT2D eigenvalue weighted by atomic mass is 10.2. The number of carbonyl (C=O) groups excluding carboxylic acids is 1. The first kappa shape index (κ1) is 13.2. The summed E-state index contributed by atoms with van der Waals surface area (Å²) in [7, 11) is 0. The summed E-state index contributed by atoms with van der Waals surface area (Å²) in [5.41, 5.74) is 1.61. The predicted molar refractivity (Wildman–Crippen MR) is 78.8 cm³/mol. The van der Waals surface area contributed by atoms with Gasteiger partial charge in [-0.25, -0.2) is 4.98 Å². The molecule has 1 aromatic carbocycles. The van der Waals surface area contributed by atoms with E-state index in [0.717, 1.165) is 14.5 Å². The van der Waals surface area contributed by atoms with Crippen LogP contribution in [0.3, 0.4) is 0 Å². The van der Waals surface area contributed by atoms with Crippen LogP contribution in [0.15, 0.2) is 45.5 Å². The third kappa shape index (κ3) is 3.17. The minimum Gasteiger partial charge on any atom is -0.307 e. The predicted octanol–water partition coefficient (Wildman–Crippen LogP) is 4.17. The quantitative estimate of drug-likeness (QED) is 0.863. The van der Waals surface area contributed by atoms with E-state index in [1.165, 1.54) is 0 Å². The van der Waals surface area contributed by atoms with E-state index in [2.05, 4.69) is 42.2 Å². The second-order valence-electron chi connectivity index (χ2n) is 3.80. The number of nitrogens with one attached hydrogen (secondary N) is 1. The largest absolute Gasteiger partial charge is 0.307 e. The van der Waals surface area contributed by atoms with Gasteiger partial charge < -0.3 is 5.32 Å². The van der Waals surface area contributed by atoms with Crippen LogP contribution in [0.25, 0.3) is 0 Å². The Morgan fingerprint density at radius 1 is 1.22 bits per heavy atom. The molecule has 92 valence electrons. The van der Waals surface area contributed by atoms with E-state index in [1.54, 1.807) is 18.3 Å². The lowest BCUT2D eigenvalue weighted by molar-refractivity contribution is 0.102. The molecule has 0 fully saturated rings. The number of hydrogen-bond donors (Lipinski definition) is 1. The van der Waals surface area contributed by atoms with Gasteiger partial charge in [-0.3, -0.25) is 4.79 Å². The number of aromatic nitrogens is 1. The molecule has 0 aliphatic carbocycles. The Kier molecular flexibility index (Phi) is 4.14. The molecular formula is C13H10Br2N2O. The molecule has 0 saturated heterocycles. The molecule has 0 radical (unpaired) electrons. The summed E-state index contributed by atoms with van der Waals surface area (Å²) in [6.07, 6.45) is 1.71. The number of aryl methyl sites for hydroxylation is 1. The molecule has 0 unspecified atom stereocenters. The fourth-order valence-electron chi connectivity index (χ4n) is 1.40. The second kappa shape index (κ2) is 5.63. The standard InChI is InChI=1S/C13H10Br2N2O/c1-8-2-5-12(16-7-8)17-13(18)10-6-9(14)3-4-11(10)15/h2-7H,1H3,(H,16,17,18). The minimum absolute atomic E-state index is 0.195. The summed E-state index contributed by atoms with van der Waals surface area (Å²) in [5, 5.41) is 2.75. The Labute approximate surface area is 122 Å². The number of halogens is 2. The number of pyridine rings is 1. The molecule has 1 amide bonds. The van der Waals surface area contributed by atoms with Gasteiger partial charge in [-0.2, -0.15) is 0 Å². The molecule has 0 saturated carbocycles. The van der Waals surface area contributed by atoms with Gasteiger partial charge in [-0.1, -0.05) is 22.0 Å². The molecule has 0 aliphatic rings. The zero-order chi connectivity index (χ0) is 13.1. The van der Waals surface area contributed by atoms with Crippen molar-refractivity contribution in [2.45, 2.75) is 6.92 Å². The van der Waals surface area contributed by atoms with Crippen LogP contribution < -0.4 is 5.32 Å². The van der Waals surface area contributed by atoms with Crippen LogP contribution in [-0.2, 0) is 0 Å². The maximum absolute atomic E-state index is 12.1. The number of amides is 1. The molecule has 1 N–H and O–H groups in total. The second-order valence-corrected chi connectivity index (χ2v) is 5.57. The smallest absolute Gasteiger partial charge is 0.258 e. The average molecular weight is 370 g/mol. The van der Waals surface area contributed by atoms with Gasteiger partial charge in [0.15, 0.2) is 0 Å². The summed E-state index contributed by atoms with van der Waals surface area (Å²) >= 11 is 6.70. The molecule has 5 heteroatoms. The highest BCUT2D eigenvalue weighted by atomic mass is 79.9. The fraction of sp³-hybridized carbons (Fsp3) is 0.0769. The Morgan fingerprint density at radius 3 is 2.67 bits per heavy atom. The van der Waals surface area contributed by atoms with Crippen molar-refractivity contribution in [1.82, 2.24) is 4.98 Å². The lowest BCUT2D eigenvalue weighted by Gasteiger charge is -2.06. The Balaban J connectivity index is 2.21. The van der Waals surface area contributed by atoms with E-state index in [1.807, 2.05) is 25.1 Å². The Bertz CT molecular complexity index is 582. The van der Waals surface area contributed by atoms with Gasteiger partial charge >= 0.3 is 0 Å². The lowest BCUT2D eigenvalue weighted by Crippen LogP contribution is -2.13. The monoisotopic (exact) mass is 368 g/mol. The van der Waals surface area contributed by atoms with Crippen molar-refractivity contribution in [1.29, 1.82) is 0 Å². The van der Waals surface area contributed by atoms with Crippen molar-refractivity contribution < 1.29 is 4.79 Å². The molecule has 0 bridgehead atoms. The van der Waals surface area contributed by atoms with Gasteiger partial charge in [0.2, 0.25) is 0 Å². The number of hydrogen-bond acceptors (Lipinski definition) is 2. The molecule has 0 spiro atoms. The molecule has 0 aliphatic heterocycles. The normalized spacial score (nSPS) is 10.2. The highest BCUT2D eigenvalue weighted by molar-refractivity contribution is 9.11. The zero-order valence-corrected chi connectivity index (χ0v) is 12.7. The number of anilines is 1. The first-order valence-electron chi connectivity index (χ1n) is 5.25. The van der Waals surface area contributed by atoms with E-state index in [4.69, 9.17) is 0 Å². The topological polar surface area (TPSA) is 42.0 Å². The van der Waals surface area contributed by atoms with Crippen LogP contribution in [0.5, 0.6) is 0 Å². The van der Waals surface area contributed by atoms with Crippen LogP contribution >= 0.6 is 31.9 Å². The number of carbonyl (C=O) groups is 1. The molecule has 1 heterocycles. The van der Waals surface area contributed by atoms with Crippen molar-refractivity contribution >= 4 is 43.6 Å². The summed E-state index contributed by atoms with van der Waals surface area (Å²) in [5.74, 6) is 0.344. The highest BCUT2D eigenvalue weighted by Crippen LogP contribution is 2.22.